The number of hydrogen-bond donors (Lipinski definition) is 2. The molecule has 28 heavy (non-hydrogen) atoms. The van der Waals surface area contributed by atoms with Gasteiger partial charge in [-0.15, -0.1) is 0 Å². The molecule has 1 aromatic rings. The topological polar surface area (TPSA) is 87.5 Å². The lowest BCUT2D eigenvalue weighted by Crippen LogP contribution is -2.55. The van der Waals surface area contributed by atoms with Crippen LogP contribution in [0.15, 0.2) is 6.20 Å². The van der Waals surface area contributed by atoms with Gasteiger partial charge < -0.3 is 10.4 Å². The molecule has 1 amide bonds. The molecule has 0 unspecified atom stereocenters. The van der Waals surface area contributed by atoms with Gasteiger partial charge in [-0.3, -0.25) is 19.2 Å². The van der Waals surface area contributed by atoms with Crippen LogP contribution in [0.3, 0.4) is 0 Å². The number of aromatic nitrogens is 2. The Balaban J connectivity index is 1.33. The molecule has 2 N–H and O–H groups in total. The monoisotopic (exact) mass is 388 g/mol. The summed E-state index contributed by atoms with van der Waals surface area (Å²) in [7, 11) is 1.88. The van der Waals surface area contributed by atoms with Crippen molar-refractivity contribution < 1.29 is 14.7 Å². The number of carboxylic acids is 1. The Bertz CT molecular complexity index is 715. The fourth-order valence-corrected chi connectivity index (χ4v) is 4.77. The van der Waals surface area contributed by atoms with Crippen LogP contribution < -0.4 is 5.32 Å². The van der Waals surface area contributed by atoms with Gasteiger partial charge in [0.1, 0.15) is 0 Å². The standard InChI is InChI=1S/C21H32N4O3/c1-24-12-18(20(23-24)15-5-3-2-4-6-15)21(28)22-16-9-17(10-16)25(13-19(26)27)11-14-7-8-14/h12,14-17H,2-11,13H2,1H3,(H,22,28)(H,26,27). The second kappa shape index (κ2) is 8.23. The zero-order valence-corrected chi connectivity index (χ0v) is 16.8. The summed E-state index contributed by atoms with van der Waals surface area (Å²) in [6, 6.07) is 0.404. The number of nitrogens with zero attached hydrogens (tertiary/aromatic N) is 3. The average Bonchev–Trinajstić information content (AvgIpc) is 3.36. The minimum absolute atomic E-state index is 0.0240. The van der Waals surface area contributed by atoms with E-state index in [0.717, 1.165) is 43.5 Å². The van der Waals surface area contributed by atoms with Gasteiger partial charge in [-0.2, -0.15) is 5.10 Å². The molecule has 154 valence electrons. The SMILES string of the molecule is Cn1cc(C(=O)NC2CC(N(CC(=O)O)CC3CC3)C2)c(C2CCCCC2)n1. The van der Waals surface area contributed by atoms with Crippen molar-refractivity contribution in [1.29, 1.82) is 0 Å². The minimum Gasteiger partial charge on any atom is -0.480 e. The van der Waals surface area contributed by atoms with Gasteiger partial charge in [0, 0.05) is 37.8 Å². The quantitative estimate of drug-likeness (QED) is 0.715. The van der Waals surface area contributed by atoms with Gasteiger partial charge in [-0.05, 0) is 44.4 Å². The third-order valence-corrected chi connectivity index (χ3v) is 6.59. The van der Waals surface area contributed by atoms with Crippen molar-refractivity contribution in [2.45, 2.75) is 75.8 Å². The van der Waals surface area contributed by atoms with E-state index in [4.69, 9.17) is 0 Å². The van der Waals surface area contributed by atoms with Crippen molar-refractivity contribution in [1.82, 2.24) is 20.0 Å². The summed E-state index contributed by atoms with van der Waals surface area (Å²) in [6.07, 6.45) is 11.9. The summed E-state index contributed by atoms with van der Waals surface area (Å²) in [5, 5.41) is 17.0. The van der Waals surface area contributed by atoms with Crippen molar-refractivity contribution in [3.05, 3.63) is 17.5 Å². The average molecular weight is 389 g/mol. The maximum Gasteiger partial charge on any atom is 0.317 e. The number of carboxylic acid groups (broad SMARTS) is 1. The first-order chi connectivity index (χ1) is 13.5. The van der Waals surface area contributed by atoms with Crippen LogP contribution in [0.1, 0.15) is 79.8 Å². The molecule has 1 aromatic heterocycles. The molecule has 7 heteroatoms. The van der Waals surface area contributed by atoms with Crippen molar-refractivity contribution >= 4 is 11.9 Å². The van der Waals surface area contributed by atoms with Crippen LogP contribution in [-0.2, 0) is 11.8 Å². The number of carbonyl (C=O) groups excluding carboxylic acids is 1. The summed E-state index contributed by atoms with van der Waals surface area (Å²) in [5.41, 5.74) is 1.68. The van der Waals surface area contributed by atoms with E-state index < -0.39 is 5.97 Å². The lowest BCUT2D eigenvalue weighted by atomic mass is 9.84. The smallest absolute Gasteiger partial charge is 0.317 e. The Morgan fingerprint density at radius 3 is 2.57 bits per heavy atom. The van der Waals surface area contributed by atoms with Crippen LogP contribution in [0, 0.1) is 5.92 Å². The molecule has 0 spiro atoms. The van der Waals surface area contributed by atoms with Gasteiger partial charge in [-0.25, -0.2) is 0 Å². The van der Waals surface area contributed by atoms with E-state index in [9.17, 15) is 14.7 Å². The third kappa shape index (κ3) is 4.57. The lowest BCUT2D eigenvalue weighted by Gasteiger charge is -2.42. The summed E-state index contributed by atoms with van der Waals surface area (Å²) in [6.45, 7) is 0.988. The van der Waals surface area contributed by atoms with E-state index in [0.29, 0.717) is 11.8 Å². The summed E-state index contributed by atoms with van der Waals surface area (Å²) >= 11 is 0. The Morgan fingerprint density at radius 2 is 1.93 bits per heavy atom. The van der Waals surface area contributed by atoms with E-state index >= 15 is 0 Å². The maximum atomic E-state index is 12.9. The molecule has 0 aromatic carbocycles. The highest BCUT2D eigenvalue weighted by molar-refractivity contribution is 5.95. The van der Waals surface area contributed by atoms with Gasteiger partial charge in [-0.1, -0.05) is 19.3 Å². The molecule has 0 aliphatic heterocycles. The summed E-state index contributed by atoms with van der Waals surface area (Å²) in [5.74, 6) is 0.278. The van der Waals surface area contributed by atoms with E-state index in [2.05, 4.69) is 15.3 Å². The van der Waals surface area contributed by atoms with Crippen LogP contribution in [-0.4, -0.2) is 56.8 Å². The van der Waals surface area contributed by atoms with Crippen LogP contribution in [0.25, 0.3) is 0 Å². The molecule has 1 heterocycles. The van der Waals surface area contributed by atoms with Gasteiger partial charge in [0.25, 0.3) is 5.91 Å². The second-order valence-corrected chi connectivity index (χ2v) is 9.00. The first-order valence-electron chi connectivity index (χ1n) is 10.8. The number of carbonyl (C=O) groups is 2. The molecule has 0 radical (unpaired) electrons. The minimum atomic E-state index is -0.763. The predicted octanol–water partition coefficient (Wildman–Crippen LogP) is 2.53. The van der Waals surface area contributed by atoms with Crippen molar-refractivity contribution in [3.8, 4) is 0 Å². The number of hydrogen-bond acceptors (Lipinski definition) is 4. The maximum absolute atomic E-state index is 12.9. The predicted molar refractivity (Wildman–Crippen MR) is 105 cm³/mol. The fraction of sp³-hybridized carbons (Fsp3) is 0.762. The molecule has 4 rings (SSSR count). The molecular weight excluding hydrogens is 356 g/mol. The van der Waals surface area contributed by atoms with Gasteiger partial charge in [0.2, 0.25) is 0 Å². The van der Waals surface area contributed by atoms with E-state index in [1.807, 2.05) is 13.2 Å². The van der Waals surface area contributed by atoms with Crippen molar-refractivity contribution in [2.24, 2.45) is 13.0 Å². The first kappa shape index (κ1) is 19.4. The Labute approximate surface area is 166 Å². The highest BCUT2D eigenvalue weighted by Gasteiger charge is 2.38. The van der Waals surface area contributed by atoms with Crippen molar-refractivity contribution in [3.63, 3.8) is 0 Å². The molecule has 0 saturated heterocycles. The molecule has 0 bridgehead atoms. The number of aryl methyl sites for hydroxylation is 1. The second-order valence-electron chi connectivity index (χ2n) is 9.00. The zero-order valence-electron chi connectivity index (χ0n) is 16.8. The van der Waals surface area contributed by atoms with E-state index in [-0.39, 0.29) is 24.5 Å². The Kier molecular flexibility index (Phi) is 5.71. The fourth-order valence-electron chi connectivity index (χ4n) is 4.77. The number of rotatable bonds is 8. The molecule has 3 fully saturated rings. The molecule has 3 aliphatic rings. The first-order valence-corrected chi connectivity index (χ1v) is 10.8. The Morgan fingerprint density at radius 1 is 1.21 bits per heavy atom. The molecule has 3 aliphatic carbocycles. The highest BCUT2D eigenvalue weighted by Crippen LogP contribution is 2.35. The molecular formula is C21H32N4O3. The largest absolute Gasteiger partial charge is 0.480 e. The summed E-state index contributed by atoms with van der Waals surface area (Å²) < 4.78 is 1.76. The van der Waals surface area contributed by atoms with Crippen molar-refractivity contribution in [2.75, 3.05) is 13.1 Å². The highest BCUT2D eigenvalue weighted by atomic mass is 16.4. The summed E-state index contributed by atoms with van der Waals surface area (Å²) in [4.78, 5) is 26.2. The van der Waals surface area contributed by atoms with E-state index in [1.165, 1.54) is 32.1 Å². The lowest BCUT2D eigenvalue weighted by molar-refractivity contribution is -0.139. The van der Waals surface area contributed by atoms with Crippen LogP contribution in [0.5, 0.6) is 0 Å². The Hall–Kier alpha value is -1.89. The molecule has 7 nitrogen and oxygen atoms in total. The zero-order chi connectivity index (χ0) is 19.7. The normalized spacial score (nSPS) is 25.5. The third-order valence-electron chi connectivity index (χ3n) is 6.59. The van der Waals surface area contributed by atoms with Crippen LogP contribution in [0.4, 0.5) is 0 Å². The van der Waals surface area contributed by atoms with Gasteiger partial charge in [0.05, 0.1) is 17.8 Å². The van der Waals surface area contributed by atoms with Crippen LogP contribution in [0.2, 0.25) is 0 Å². The van der Waals surface area contributed by atoms with Crippen LogP contribution >= 0.6 is 0 Å². The molecule has 0 atom stereocenters. The number of aliphatic carboxylic acids is 1. The number of nitrogens with one attached hydrogen (secondary N) is 1. The van der Waals surface area contributed by atoms with Gasteiger partial charge >= 0.3 is 5.97 Å². The molecule has 3 saturated carbocycles. The van der Waals surface area contributed by atoms with E-state index in [1.54, 1.807) is 4.68 Å². The number of amides is 1. The van der Waals surface area contributed by atoms with Gasteiger partial charge in [0.15, 0.2) is 0 Å².